The van der Waals surface area contributed by atoms with Crippen molar-refractivity contribution >= 4 is 24.7 Å². The average Bonchev–Trinajstić information content (AvgIpc) is 2.64. The lowest BCUT2D eigenvalue weighted by atomic mass is 10.4. The number of hydrogen-bond acceptors (Lipinski definition) is 9. The first kappa shape index (κ1) is 30.6. The summed E-state index contributed by atoms with van der Waals surface area (Å²) in [5, 5.41) is 31.2. The Kier molecular flexibility index (Phi) is 27.2. The van der Waals surface area contributed by atoms with E-state index in [-0.39, 0.29) is 32.7 Å². The summed E-state index contributed by atoms with van der Waals surface area (Å²) in [4.78, 5) is 43.2. The van der Waals surface area contributed by atoms with Gasteiger partial charge in [0.2, 0.25) is 0 Å². The fourth-order valence-electron chi connectivity index (χ4n) is 1.79. The molecule has 12 heteroatoms. The van der Waals surface area contributed by atoms with Gasteiger partial charge in [0.05, 0.1) is 46.1 Å². The number of ether oxygens (including phenoxy) is 2. The second-order valence-corrected chi connectivity index (χ2v) is 4.89. The van der Waals surface area contributed by atoms with E-state index in [0.29, 0.717) is 32.9 Å². The van der Waals surface area contributed by atoms with Crippen LogP contribution in [0.2, 0.25) is 0 Å². The number of rotatable bonds is 16. The first-order valence-corrected chi connectivity index (χ1v) is 8.41. The topological polar surface area (TPSA) is 174 Å². The molecule has 0 saturated heterocycles. The molecule has 0 aliphatic carbocycles. The Hall–Kier alpha value is -2.12. The molecule has 0 aliphatic rings. The molecular weight excluding hydrogens is 380 g/mol. The molecule has 12 nitrogen and oxygen atoms in total. The van der Waals surface area contributed by atoms with E-state index in [1.807, 2.05) is 11.8 Å². The van der Waals surface area contributed by atoms with Gasteiger partial charge in [-0.15, -0.1) is 0 Å². The highest BCUT2D eigenvalue weighted by Crippen LogP contribution is 1.90. The van der Waals surface area contributed by atoms with Crippen LogP contribution < -0.4 is 0 Å². The molecule has 0 atom stereocenters. The third-order valence-electron chi connectivity index (χ3n) is 2.97. The fraction of sp³-hybridized carbons (Fsp3) is 0.750. The van der Waals surface area contributed by atoms with E-state index in [2.05, 4.69) is 0 Å². The zero-order chi connectivity index (χ0) is 22.2. The molecule has 0 heterocycles. The van der Waals surface area contributed by atoms with Gasteiger partial charge in [-0.25, -0.2) is 0 Å². The summed E-state index contributed by atoms with van der Waals surface area (Å²) in [6, 6.07) is 0. The summed E-state index contributed by atoms with van der Waals surface area (Å²) >= 11 is 0. The maximum Gasteiger partial charge on any atom is 0.317 e. The van der Waals surface area contributed by atoms with Gasteiger partial charge in [0, 0.05) is 20.2 Å². The number of carboxylic acids is 2. The summed E-state index contributed by atoms with van der Waals surface area (Å²) in [5.41, 5.74) is 0. The first-order valence-electron chi connectivity index (χ1n) is 8.41. The zero-order valence-corrected chi connectivity index (χ0v) is 16.4. The minimum absolute atomic E-state index is 0.224. The molecule has 4 N–H and O–H groups in total. The highest BCUT2D eigenvalue weighted by Gasteiger charge is 2.12. The van der Waals surface area contributed by atoms with Gasteiger partial charge in [0.25, 0.3) is 6.47 Å². The highest BCUT2D eigenvalue weighted by atomic mass is 16.5. The normalized spacial score (nSPS) is 9.75. The highest BCUT2D eigenvalue weighted by molar-refractivity contribution is 5.72. The van der Waals surface area contributed by atoms with Crippen LogP contribution in [-0.4, -0.2) is 128 Å². The van der Waals surface area contributed by atoms with Gasteiger partial charge in [-0.3, -0.25) is 24.2 Å². The van der Waals surface area contributed by atoms with Crippen LogP contribution >= 0.6 is 0 Å². The molecule has 0 unspecified atom stereocenters. The Morgan fingerprint density at radius 2 is 1.25 bits per heavy atom. The molecule has 0 rings (SSSR count). The van der Waals surface area contributed by atoms with Gasteiger partial charge in [0.1, 0.15) is 6.29 Å². The summed E-state index contributed by atoms with van der Waals surface area (Å²) < 4.78 is 10.6. The summed E-state index contributed by atoms with van der Waals surface area (Å²) in [6.45, 7) is 4.55. The van der Waals surface area contributed by atoms with Gasteiger partial charge in [-0.05, 0) is 6.54 Å². The van der Waals surface area contributed by atoms with Crippen LogP contribution in [0, 0.1) is 0 Å². The number of nitrogens with zero attached hydrogens (tertiary/aromatic N) is 2. The van der Waals surface area contributed by atoms with Crippen molar-refractivity contribution < 1.29 is 49.1 Å². The Morgan fingerprint density at radius 3 is 1.57 bits per heavy atom. The smallest absolute Gasteiger partial charge is 0.317 e. The molecule has 0 spiro atoms. The molecule has 0 aliphatic heterocycles. The zero-order valence-electron chi connectivity index (χ0n) is 16.4. The molecule has 0 radical (unpaired) electrons. The Bertz CT molecular complexity index is 380. The second kappa shape index (κ2) is 24.9. The number of aliphatic hydroxyl groups is 1. The van der Waals surface area contributed by atoms with Crippen LogP contribution in [0.5, 0.6) is 0 Å². The van der Waals surface area contributed by atoms with Gasteiger partial charge < -0.3 is 34.7 Å². The molecule has 28 heavy (non-hydrogen) atoms. The minimum Gasteiger partial charge on any atom is -0.483 e. The van der Waals surface area contributed by atoms with Crippen LogP contribution in [0.1, 0.15) is 6.92 Å². The average molecular weight is 412 g/mol. The molecule has 166 valence electrons. The largest absolute Gasteiger partial charge is 0.483 e. The monoisotopic (exact) mass is 412 g/mol. The van der Waals surface area contributed by atoms with E-state index < -0.39 is 11.9 Å². The molecule has 0 aromatic carbocycles. The fourth-order valence-corrected chi connectivity index (χ4v) is 1.79. The molecule has 0 aromatic rings. The lowest BCUT2D eigenvalue weighted by molar-refractivity contribution is -0.142. The Balaban J connectivity index is -0.00000113. The lowest BCUT2D eigenvalue weighted by Gasteiger charge is -2.18. The molecule has 0 saturated carbocycles. The van der Waals surface area contributed by atoms with E-state index in [1.165, 1.54) is 4.90 Å². The van der Waals surface area contributed by atoms with Crippen molar-refractivity contribution in [3.05, 3.63) is 0 Å². The van der Waals surface area contributed by atoms with Gasteiger partial charge in [-0.1, -0.05) is 6.92 Å². The van der Waals surface area contributed by atoms with Crippen LogP contribution in [0.15, 0.2) is 0 Å². The number of aliphatic carboxylic acids is 2. The summed E-state index contributed by atoms with van der Waals surface area (Å²) in [5.74, 6) is -2.16. The predicted molar refractivity (Wildman–Crippen MR) is 98.4 cm³/mol. The number of hydrogen-bond donors (Lipinski definition) is 4. The van der Waals surface area contributed by atoms with E-state index in [4.69, 9.17) is 34.7 Å². The van der Waals surface area contributed by atoms with Gasteiger partial charge >= 0.3 is 11.9 Å². The van der Waals surface area contributed by atoms with Crippen LogP contribution in [0.3, 0.4) is 0 Å². The van der Waals surface area contributed by atoms with Crippen molar-refractivity contribution in [1.29, 1.82) is 0 Å². The summed E-state index contributed by atoms with van der Waals surface area (Å²) in [6.07, 6.45) is 0.854. The Labute approximate surface area is 164 Å². The number of aliphatic hydroxyl groups excluding tert-OH is 1. The van der Waals surface area contributed by atoms with Gasteiger partial charge in [-0.2, -0.15) is 0 Å². The van der Waals surface area contributed by atoms with Crippen LogP contribution in [0.4, 0.5) is 0 Å². The van der Waals surface area contributed by atoms with Crippen molar-refractivity contribution in [3.63, 3.8) is 0 Å². The standard InChI is InChI=1S/C14H26N2O7.CH2O2.CH4O/c1-2-15(3-6-17)4-7-22-9-10-23-8-5-16(11-13(18)19)12-14(20)21;2-1-3;1-2/h6H,2-5,7-12H2,1H3,(H,18,19)(H,20,21);1H,(H,2,3);2H,1H3. The van der Waals surface area contributed by atoms with Crippen molar-refractivity contribution in [2.24, 2.45) is 0 Å². The van der Waals surface area contributed by atoms with E-state index in [1.54, 1.807) is 0 Å². The summed E-state index contributed by atoms with van der Waals surface area (Å²) in [7, 11) is 1.00. The number of aldehydes is 1. The lowest BCUT2D eigenvalue weighted by Crippen LogP contribution is -2.37. The molecular formula is C16H32N2O10. The maximum atomic E-state index is 10.6. The van der Waals surface area contributed by atoms with E-state index in [9.17, 15) is 14.4 Å². The second-order valence-electron chi connectivity index (χ2n) is 4.89. The Morgan fingerprint density at radius 1 is 0.857 bits per heavy atom. The van der Waals surface area contributed by atoms with Crippen LogP contribution in [-0.2, 0) is 28.7 Å². The van der Waals surface area contributed by atoms with Crippen LogP contribution in [0.25, 0.3) is 0 Å². The third-order valence-corrected chi connectivity index (χ3v) is 2.97. The van der Waals surface area contributed by atoms with Gasteiger partial charge in [0.15, 0.2) is 0 Å². The van der Waals surface area contributed by atoms with E-state index in [0.717, 1.165) is 19.9 Å². The van der Waals surface area contributed by atoms with Crippen molar-refractivity contribution in [3.8, 4) is 0 Å². The third kappa shape index (κ3) is 26.1. The molecule has 0 fully saturated rings. The van der Waals surface area contributed by atoms with Crippen molar-refractivity contribution in [1.82, 2.24) is 9.80 Å². The predicted octanol–water partition coefficient (Wildman–Crippen LogP) is -1.68. The molecule has 0 bridgehead atoms. The quantitative estimate of drug-likeness (QED) is 0.168. The molecule has 0 amide bonds. The minimum atomic E-state index is -1.08. The maximum absolute atomic E-state index is 10.6. The van der Waals surface area contributed by atoms with Crippen molar-refractivity contribution in [2.45, 2.75) is 6.92 Å². The molecule has 0 aromatic heterocycles. The number of carbonyl (C=O) groups excluding carboxylic acids is 1. The van der Waals surface area contributed by atoms with E-state index >= 15 is 0 Å². The number of carbonyl (C=O) groups is 4. The van der Waals surface area contributed by atoms with Crippen molar-refractivity contribution in [2.75, 3.05) is 72.8 Å². The number of carboxylic acid groups (broad SMARTS) is 3. The first-order chi connectivity index (χ1) is 13.4. The number of likely N-dealkylation sites (N-methyl/N-ethyl adjacent to an activating group) is 1. The SMILES string of the molecule is CCN(CC=O)CCOCCOCCN(CC(=O)O)CC(=O)O.CO.O=CO.